The summed E-state index contributed by atoms with van der Waals surface area (Å²) < 4.78 is 0. The van der Waals surface area contributed by atoms with Crippen LogP contribution in [0.5, 0.6) is 0 Å². The fraction of sp³-hybridized carbons (Fsp3) is 0.300. The van der Waals surface area contributed by atoms with Gasteiger partial charge in [-0.3, -0.25) is 4.79 Å². The number of halogens is 1. The summed E-state index contributed by atoms with van der Waals surface area (Å²) in [5.41, 5.74) is 6.13. The van der Waals surface area contributed by atoms with Crippen molar-refractivity contribution in [2.45, 2.75) is 18.6 Å². The summed E-state index contributed by atoms with van der Waals surface area (Å²) in [4.78, 5) is 10.4. The van der Waals surface area contributed by atoms with Gasteiger partial charge in [-0.15, -0.1) is 0 Å². The van der Waals surface area contributed by atoms with E-state index < -0.39 is 24.6 Å². The molecule has 5 N–H and O–H groups in total. The number of nitrogen functional groups attached to an aromatic ring is 1. The second-order valence-corrected chi connectivity index (χ2v) is 3.86. The molecule has 2 atom stereocenters. The first-order chi connectivity index (χ1) is 7.40. The first-order valence-corrected chi connectivity index (χ1v) is 4.92. The Bertz CT molecular complexity index is 376. The van der Waals surface area contributed by atoms with E-state index in [4.69, 9.17) is 22.4 Å². The molecular weight excluding hydrogens is 234 g/mol. The van der Waals surface area contributed by atoms with E-state index in [2.05, 4.69) is 0 Å². The summed E-state index contributed by atoms with van der Waals surface area (Å²) >= 11 is 5.72. The van der Waals surface area contributed by atoms with E-state index in [0.717, 1.165) is 0 Å². The van der Waals surface area contributed by atoms with Crippen molar-refractivity contribution >= 4 is 23.3 Å². The highest BCUT2D eigenvalue weighted by molar-refractivity contribution is 6.30. The molecule has 0 aliphatic carbocycles. The average molecular weight is 246 g/mol. The highest BCUT2D eigenvalue weighted by Crippen LogP contribution is 2.25. The number of carboxylic acid groups (broad SMARTS) is 1. The number of carbonyl (C=O) groups is 1. The molecule has 0 saturated carbocycles. The van der Waals surface area contributed by atoms with Gasteiger partial charge in [0.15, 0.2) is 0 Å². The third-order valence-electron chi connectivity index (χ3n) is 2.03. The van der Waals surface area contributed by atoms with E-state index in [0.29, 0.717) is 16.3 Å². The zero-order valence-electron chi connectivity index (χ0n) is 8.30. The molecule has 0 aliphatic rings. The molecule has 2 unspecified atom stereocenters. The Labute approximate surface area is 97.1 Å². The van der Waals surface area contributed by atoms with Gasteiger partial charge in [-0.1, -0.05) is 11.6 Å². The van der Waals surface area contributed by atoms with Crippen LogP contribution in [-0.4, -0.2) is 27.4 Å². The predicted octanol–water partition coefficient (Wildman–Crippen LogP) is 0.791. The van der Waals surface area contributed by atoms with Crippen LogP contribution in [-0.2, 0) is 4.79 Å². The van der Waals surface area contributed by atoms with Gasteiger partial charge < -0.3 is 21.1 Å². The van der Waals surface area contributed by atoms with Gasteiger partial charge in [-0.25, -0.2) is 0 Å². The van der Waals surface area contributed by atoms with Gasteiger partial charge in [0.2, 0.25) is 0 Å². The maximum atomic E-state index is 10.4. The molecule has 1 rings (SSSR count). The number of hydrogen-bond acceptors (Lipinski definition) is 4. The fourth-order valence-corrected chi connectivity index (χ4v) is 1.57. The molecule has 1 aromatic carbocycles. The van der Waals surface area contributed by atoms with E-state index in [1.54, 1.807) is 0 Å². The highest BCUT2D eigenvalue weighted by Gasteiger charge is 2.21. The summed E-state index contributed by atoms with van der Waals surface area (Å²) in [6.45, 7) is 0. The van der Waals surface area contributed by atoms with Crippen molar-refractivity contribution in [2.75, 3.05) is 5.73 Å². The van der Waals surface area contributed by atoms with Gasteiger partial charge >= 0.3 is 5.97 Å². The van der Waals surface area contributed by atoms with Crippen molar-refractivity contribution in [1.82, 2.24) is 0 Å². The van der Waals surface area contributed by atoms with Crippen LogP contribution >= 0.6 is 11.6 Å². The van der Waals surface area contributed by atoms with Crippen LogP contribution in [0.15, 0.2) is 18.2 Å². The first-order valence-electron chi connectivity index (χ1n) is 4.54. The van der Waals surface area contributed by atoms with Crippen molar-refractivity contribution in [2.24, 2.45) is 0 Å². The summed E-state index contributed by atoms with van der Waals surface area (Å²) in [5.74, 6) is -1.19. The topological polar surface area (TPSA) is 104 Å². The third-order valence-corrected chi connectivity index (χ3v) is 2.25. The molecule has 16 heavy (non-hydrogen) atoms. The summed E-state index contributed by atoms with van der Waals surface area (Å²) in [5, 5.41) is 27.9. The lowest BCUT2D eigenvalue weighted by molar-refractivity contribution is -0.141. The van der Waals surface area contributed by atoms with E-state index in [9.17, 15) is 15.0 Å². The van der Waals surface area contributed by atoms with Crippen LogP contribution in [0.25, 0.3) is 0 Å². The number of carboxylic acids is 1. The molecule has 1 aromatic rings. The Morgan fingerprint density at radius 1 is 1.38 bits per heavy atom. The lowest BCUT2D eigenvalue weighted by atomic mass is 10.0. The Hall–Kier alpha value is -1.30. The van der Waals surface area contributed by atoms with E-state index >= 15 is 0 Å². The molecule has 0 saturated heterocycles. The fourth-order valence-electron chi connectivity index (χ4n) is 1.32. The van der Waals surface area contributed by atoms with Crippen LogP contribution in [0.2, 0.25) is 5.02 Å². The molecule has 0 aliphatic heterocycles. The number of nitrogens with two attached hydrogens (primary N) is 1. The van der Waals surface area contributed by atoms with Crippen LogP contribution < -0.4 is 5.73 Å². The Kier molecular flexibility index (Phi) is 4.12. The summed E-state index contributed by atoms with van der Waals surface area (Å²) in [7, 11) is 0. The molecule has 0 fully saturated rings. The van der Waals surface area contributed by atoms with Crippen LogP contribution in [0.3, 0.4) is 0 Å². The number of aliphatic hydroxyl groups excluding tert-OH is 2. The van der Waals surface area contributed by atoms with Gasteiger partial charge in [0, 0.05) is 10.7 Å². The minimum Gasteiger partial charge on any atom is -0.481 e. The second-order valence-electron chi connectivity index (χ2n) is 3.43. The quantitative estimate of drug-likeness (QED) is 0.587. The van der Waals surface area contributed by atoms with Crippen molar-refractivity contribution in [3.8, 4) is 0 Å². The molecule has 0 aromatic heterocycles. The highest BCUT2D eigenvalue weighted by atomic mass is 35.5. The van der Waals surface area contributed by atoms with E-state index in [1.165, 1.54) is 18.2 Å². The number of aliphatic hydroxyl groups is 2. The van der Waals surface area contributed by atoms with Crippen molar-refractivity contribution in [1.29, 1.82) is 0 Å². The van der Waals surface area contributed by atoms with Crippen molar-refractivity contribution in [3.63, 3.8) is 0 Å². The molecule has 88 valence electrons. The van der Waals surface area contributed by atoms with Crippen LogP contribution in [0, 0.1) is 0 Å². The number of benzene rings is 1. The summed E-state index contributed by atoms with van der Waals surface area (Å²) in [6.07, 6.45) is -3.26. The largest absolute Gasteiger partial charge is 0.481 e. The standard InChI is InChI=1S/C10H12ClNO4/c11-6-1-5(2-7(12)3-6)10(16)8(13)4-9(14)15/h1-3,8,10,13,16H,4,12H2,(H,14,15). The van der Waals surface area contributed by atoms with E-state index in [-0.39, 0.29) is 0 Å². The Balaban J connectivity index is 2.86. The lowest BCUT2D eigenvalue weighted by Crippen LogP contribution is -2.21. The molecule has 0 amide bonds. The Morgan fingerprint density at radius 2 is 2.00 bits per heavy atom. The zero-order chi connectivity index (χ0) is 12.3. The SMILES string of the molecule is Nc1cc(Cl)cc(C(O)C(O)CC(=O)O)c1. The van der Waals surface area contributed by atoms with Gasteiger partial charge in [0.05, 0.1) is 12.5 Å². The normalized spacial score (nSPS) is 14.4. The Morgan fingerprint density at radius 3 is 2.50 bits per heavy atom. The van der Waals surface area contributed by atoms with Crippen molar-refractivity contribution < 1.29 is 20.1 Å². The zero-order valence-corrected chi connectivity index (χ0v) is 9.05. The number of aliphatic carboxylic acids is 1. The van der Waals surface area contributed by atoms with Crippen molar-refractivity contribution in [3.05, 3.63) is 28.8 Å². The average Bonchev–Trinajstić information content (AvgIpc) is 2.13. The van der Waals surface area contributed by atoms with Gasteiger partial charge in [0.1, 0.15) is 6.10 Å². The molecule has 0 spiro atoms. The monoisotopic (exact) mass is 245 g/mol. The van der Waals surface area contributed by atoms with Gasteiger partial charge in [-0.2, -0.15) is 0 Å². The number of hydrogen-bond donors (Lipinski definition) is 4. The van der Waals surface area contributed by atoms with E-state index in [1.807, 2.05) is 0 Å². The van der Waals surface area contributed by atoms with Crippen LogP contribution in [0.1, 0.15) is 18.1 Å². The third kappa shape index (κ3) is 3.37. The number of anilines is 1. The minimum atomic E-state index is -1.39. The first kappa shape index (κ1) is 12.8. The number of rotatable bonds is 4. The maximum absolute atomic E-state index is 10.4. The van der Waals surface area contributed by atoms with Gasteiger partial charge in [-0.05, 0) is 23.8 Å². The van der Waals surface area contributed by atoms with Gasteiger partial charge in [0.25, 0.3) is 0 Å². The second kappa shape index (κ2) is 5.16. The minimum absolute atomic E-state index is 0.291. The van der Waals surface area contributed by atoms with Crippen LogP contribution in [0.4, 0.5) is 5.69 Å². The molecule has 5 nitrogen and oxygen atoms in total. The maximum Gasteiger partial charge on any atom is 0.306 e. The molecule has 0 bridgehead atoms. The molecule has 6 heteroatoms. The summed E-state index contributed by atoms with van der Waals surface area (Å²) in [6, 6.07) is 4.34. The predicted molar refractivity (Wildman–Crippen MR) is 59.1 cm³/mol. The molecule has 0 radical (unpaired) electrons. The molecular formula is C10H12ClNO4. The molecule has 0 heterocycles. The smallest absolute Gasteiger partial charge is 0.306 e. The lowest BCUT2D eigenvalue weighted by Gasteiger charge is -2.17.